The van der Waals surface area contributed by atoms with Crippen LogP contribution in [0.4, 0.5) is 0 Å². The van der Waals surface area contributed by atoms with Crippen molar-refractivity contribution in [2.75, 3.05) is 0 Å². The Bertz CT molecular complexity index is 584. The zero-order valence-corrected chi connectivity index (χ0v) is 9.22. The molecule has 1 heterocycles. The molecule has 0 saturated heterocycles. The molecule has 1 aliphatic heterocycles. The number of benzene rings is 1. The van der Waals surface area contributed by atoms with Gasteiger partial charge in [0.15, 0.2) is 9.84 Å². The second kappa shape index (κ2) is 3.22. The van der Waals surface area contributed by atoms with Gasteiger partial charge in [-0.1, -0.05) is 30.4 Å². The molecule has 2 atom stereocenters. The van der Waals surface area contributed by atoms with E-state index in [0.29, 0.717) is 5.75 Å². The maximum Gasteiger partial charge on any atom is 0.192 e. The molecule has 0 fully saturated rings. The molecule has 0 saturated carbocycles. The molecule has 0 bridgehead atoms. The van der Waals surface area contributed by atoms with Gasteiger partial charge in [0.05, 0.1) is 0 Å². The highest BCUT2D eigenvalue weighted by Gasteiger charge is 2.40. The number of hydrogen-bond donors (Lipinski definition) is 0. The largest absolute Gasteiger partial charge is 0.483 e. The lowest BCUT2D eigenvalue weighted by atomic mass is 10.1. The van der Waals surface area contributed by atoms with Gasteiger partial charge in [-0.25, -0.2) is 8.42 Å². The number of ether oxygens (including phenoxy) is 1. The Hall–Kier alpha value is -1.55. The van der Waals surface area contributed by atoms with E-state index >= 15 is 0 Å². The number of rotatable bonds is 0. The summed E-state index contributed by atoms with van der Waals surface area (Å²) >= 11 is 0. The molecule has 0 radical (unpaired) electrons. The third-order valence-electron chi connectivity index (χ3n) is 2.81. The Morgan fingerprint density at radius 1 is 1.06 bits per heavy atom. The number of para-hydroxylation sites is 1. The van der Waals surface area contributed by atoms with Crippen LogP contribution in [0.2, 0.25) is 0 Å². The fourth-order valence-electron chi connectivity index (χ4n) is 2.03. The standard InChI is InChI=1S/C12H10O3S/c13-16(14)11-7-3-1-5-9(11)15-10-6-2-4-8-12(10)16/h1-9,11H/t9-,11-/m1/s1. The Kier molecular flexibility index (Phi) is 1.94. The van der Waals surface area contributed by atoms with Crippen molar-refractivity contribution in [3.05, 3.63) is 48.6 Å². The van der Waals surface area contributed by atoms with Crippen molar-refractivity contribution in [2.45, 2.75) is 16.2 Å². The number of fused-ring (bicyclic) bond motifs is 2. The molecule has 3 rings (SSSR count). The summed E-state index contributed by atoms with van der Waals surface area (Å²) in [5.41, 5.74) is 0. The normalized spacial score (nSPS) is 29.0. The Balaban J connectivity index is 2.23. The SMILES string of the molecule is O=S1(=O)c2ccccc2O[C@@H]2C=CC=C[C@H]21. The minimum Gasteiger partial charge on any atom is -0.483 e. The average Bonchev–Trinajstić information content (AvgIpc) is 2.29. The summed E-state index contributed by atoms with van der Waals surface area (Å²) in [5, 5.41) is -0.590. The second-order valence-electron chi connectivity index (χ2n) is 3.81. The van der Waals surface area contributed by atoms with Crippen LogP contribution in [0.1, 0.15) is 0 Å². The Morgan fingerprint density at radius 2 is 1.81 bits per heavy atom. The van der Waals surface area contributed by atoms with E-state index in [1.165, 1.54) is 0 Å². The van der Waals surface area contributed by atoms with Gasteiger partial charge in [-0.05, 0) is 18.2 Å². The zero-order chi connectivity index (χ0) is 11.2. The molecule has 0 aromatic heterocycles. The summed E-state index contributed by atoms with van der Waals surface area (Å²) in [6.07, 6.45) is 6.61. The summed E-state index contributed by atoms with van der Waals surface area (Å²) < 4.78 is 30.2. The van der Waals surface area contributed by atoms with E-state index in [4.69, 9.17) is 4.74 Å². The third-order valence-corrected chi connectivity index (χ3v) is 4.91. The molecular weight excluding hydrogens is 224 g/mol. The maximum absolute atomic E-state index is 12.3. The first-order chi connectivity index (χ1) is 7.69. The van der Waals surface area contributed by atoms with Crippen molar-refractivity contribution in [1.82, 2.24) is 0 Å². The van der Waals surface area contributed by atoms with Crippen LogP contribution in [-0.2, 0) is 9.84 Å². The molecule has 1 aromatic carbocycles. The van der Waals surface area contributed by atoms with Crippen LogP contribution in [0.15, 0.2) is 53.5 Å². The molecule has 0 N–H and O–H groups in total. The van der Waals surface area contributed by atoms with Gasteiger partial charge in [-0.2, -0.15) is 0 Å². The third kappa shape index (κ3) is 1.23. The highest BCUT2D eigenvalue weighted by atomic mass is 32.2. The number of allylic oxidation sites excluding steroid dienone is 2. The van der Waals surface area contributed by atoms with Crippen LogP contribution in [0.5, 0.6) is 5.75 Å². The van der Waals surface area contributed by atoms with Crippen molar-refractivity contribution in [1.29, 1.82) is 0 Å². The monoisotopic (exact) mass is 234 g/mol. The minimum atomic E-state index is -3.31. The van der Waals surface area contributed by atoms with Gasteiger partial charge in [-0.3, -0.25) is 0 Å². The number of sulfone groups is 1. The highest BCUT2D eigenvalue weighted by molar-refractivity contribution is 7.92. The molecular formula is C12H10O3S. The molecule has 3 nitrogen and oxygen atoms in total. The predicted molar refractivity (Wildman–Crippen MR) is 60.1 cm³/mol. The lowest BCUT2D eigenvalue weighted by Gasteiger charge is -2.31. The van der Waals surface area contributed by atoms with Gasteiger partial charge in [0, 0.05) is 0 Å². The highest BCUT2D eigenvalue weighted by Crippen LogP contribution is 2.36. The van der Waals surface area contributed by atoms with Gasteiger partial charge < -0.3 is 4.74 Å². The summed E-state index contributed by atoms with van der Waals surface area (Å²) in [6, 6.07) is 6.77. The van der Waals surface area contributed by atoms with E-state index in [0.717, 1.165) is 0 Å². The minimum absolute atomic E-state index is 0.288. The maximum atomic E-state index is 12.3. The molecule has 2 aliphatic rings. The van der Waals surface area contributed by atoms with Crippen LogP contribution >= 0.6 is 0 Å². The van der Waals surface area contributed by atoms with E-state index in [-0.39, 0.29) is 4.90 Å². The average molecular weight is 234 g/mol. The first-order valence-corrected chi connectivity index (χ1v) is 6.59. The van der Waals surface area contributed by atoms with E-state index in [2.05, 4.69) is 0 Å². The first kappa shape index (κ1) is 9.66. The molecule has 82 valence electrons. The molecule has 16 heavy (non-hydrogen) atoms. The molecule has 0 spiro atoms. The lowest BCUT2D eigenvalue weighted by Crippen LogP contribution is -2.40. The fraction of sp³-hybridized carbons (Fsp3) is 0.167. The predicted octanol–water partition coefficient (Wildman–Crippen LogP) is 1.72. The molecule has 1 aromatic rings. The van der Waals surface area contributed by atoms with Gasteiger partial charge in [0.25, 0.3) is 0 Å². The summed E-state index contributed by atoms with van der Waals surface area (Å²) in [5.74, 6) is 0.448. The van der Waals surface area contributed by atoms with Crippen molar-refractivity contribution >= 4 is 9.84 Å². The summed E-state index contributed by atoms with van der Waals surface area (Å²) in [7, 11) is -3.31. The van der Waals surface area contributed by atoms with E-state index < -0.39 is 21.2 Å². The van der Waals surface area contributed by atoms with Gasteiger partial charge >= 0.3 is 0 Å². The molecule has 0 amide bonds. The van der Waals surface area contributed by atoms with Crippen molar-refractivity contribution < 1.29 is 13.2 Å². The van der Waals surface area contributed by atoms with Crippen molar-refractivity contribution in [3.8, 4) is 5.75 Å². The van der Waals surface area contributed by atoms with Crippen LogP contribution in [-0.4, -0.2) is 19.8 Å². The van der Waals surface area contributed by atoms with Crippen LogP contribution < -0.4 is 4.74 Å². The second-order valence-corrected chi connectivity index (χ2v) is 5.88. The summed E-state index contributed by atoms with van der Waals surface area (Å²) in [6.45, 7) is 0. The van der Waals surface area contributed by atoms with Crippen molar-refractivity contribution in [3.63, 3.8) is 0 Å². The topological polar surface area (TPSA) is 43.4 Å². The lowest BCUT2D eigenvalue weighted by molar-refractivity contribution is 0.237. The first-order valence-electron chi connectivity index (χ1n) is 5.04. The molecule has 4 heteroatoms. The van der Waals surface area contributed by atoms with E-state index in [9.17, 15) is 8.42 Å². The van der Waals surface area contributed by atoms with Gasteiger partial charge in [0.1, 0.15) is 22.0 Å². The number of hydrogen-bond acceptors (Lipinski definition) is 3. The van der Waals surface area contributed by atoms with E-state index in [1.807, 2.05) is 6.08 Å². The van der Waals surface area contributed by atoms with Gasteiger partial charge in [0.2, 0.25) is 0 Å². The zero-order valence-electron chi connectivity index (χ0n) is 8.41. The van der Waals surface area contributed by atoms with Crippen LogP contribution in [0.3, 0.4) is 0 Å². The van der Waals surface area contributed by atoms with Crippen LogP contribution in [0.25, 0.3) is 0 Å². The van der Waals surface area contributed by atoms with Gasteiger partial charge in [-0.15, -0.1) is 0 Å². The summed E-state index contributed by atoms with van der Waals surface area (Å²) in [4.78, 5) is 0.288. The smallest absolute Gasteiger partial charge is 0.192 e. The van der Waals surface area contributed by atoms with E-state index in [1.54, 1.807) is 42.5 Å². The Morgan fingerprint density at radius 3 is 2.69 bits per heavy atom. The fourth-order valence-corrected chi connectivity index (χ4v) is 3.78. The van der Waals surface area contributed by atoms with Crippen LogP contribution in [0, 0.1) is 0 Å². The molecule has 0 unspecified atom stereocenters. The quantitative estimate of drug-likeness (QED) is 0.686. The Labute approximate surface area is 94.0 Å². The van der Waals surface area contributed by atoms with Crippen molar-refractivity contribution in [2.24, 2.45) is 0 Å². The molecule has 1 aliphatic carbocycles.